The highest BCUT2D eigenvalue weighted by Crippen LogP contribution is 2.32. The lowest BCUT2D eigenvalue weighted by Crippen LogP contribution is -2.20. The van der Waals surface area contributed by atoms with E-state index in [1.165, 1.54) is 12.8 Å². The van der Waals surface area contributed by atoms with Crippen LogP contribution >= 0.6 is 0 Å². The molecule has 1 aliphatic rings. The van der Waals surface area contributed by atoms with Crippen LogP contribution in [0.1, 0.15) is 38.5 Å². The Kier molecular flexibility index (Phi) is 4.22. The van der Waals surface area contributed by atoms with E-state index >= 15 is 0 Å². The predicted octanol–water partition coefficient (Wildman–Crippen LogP) is 1.62. The molecule has 76 valence electrons. The molecule has 0 heterocycles. The average molecular weight is 185 g/mol. The third-order valence-corrected chi connectivity index (χ3v) is 2.93. The Morgan fingerprint density at radius 3 is 2.69 bits per heavy atom. The minimum absolute atomic E-state index is 0.348. The highest BCUT2D eigenvalue weighted by atomic mass is 16.4. The van der Waals surface area contributed by atoms with E-state index < -0.39 is 5.97 Å². The lowest BCUT2D eigenvalue weighted by atomic mass is 9.78. The molecule has 3 heteroatoms. The van der Waals surface area contributed by atoms with Crippen molar-refractivity contribution in [2.24, 2.45) is 17.6 Å². The van der Waals surface area contributed by atoms with Crippen molar-refractivity contribution in [2.75, 3.05) is 6.54 Å². The van der Waals surface area contributed by atoms with E-state index in [1.807, 2.05) is 0 Å². The number of nitrogens with two attached hydrogens (primary N) is 1. The maximum Gasteiger partial charge on any atom is 0.303 e. The number of carboxylic acid groups (broad SMARTS) is 1. The maximum atomic E-state index is 10.5. The van der Waals surface area contributed by atoms with Gasteiger partial charge in [0.15, 0.2) is 0 Å². The molecule has 0 radical (unpaired) electrons. The van der Waals surface area contributed by atoms with Gasteiger partial charge in [-0.1, -0.05) is 12.8 Å². The summed E-state index contributed by atoms with van der Waals surface area (Å²) in [4.78, 5) is 10.5. The third-order valence-electron chi connectivity index (χ3n) is 2.93. The second-order valence-electron chi connectivity index (χ2n) is 4.07. The van der Waals surface area contributed by atoms with Crippen LogP contribution in [-0.2, 0) is 4.79 Å². The molecule has 13 heavy (non-hydrogen) atoms. The average Bonchev–Trinajstić information content (AvgIpc) is 2.04. The van der Waals surface area contributed by atoms with Crippen LogP contribution in [0.5, 0.6) is 0 Å². The van der Waals surface area contributed by atoms with Crippen LogP contribution in [0.2, 0.25) is 0 Å². The number of rotatable bonds is 4. The molecule has 0 aromatic heterocycles. The van der Waals surface area contributed by atoms with Crippen LogP contribution < -0.4 is 5.73 Å². The van der Waals surface area contributed by atoms with Crippen LogP contribution in [-0.4, -0.2) is 17.6 Å². The quantitative estimate of drug-likeness (QED) is 0.699. The van der Waals surface area contributed by atoms with E-state index in [-0.39, 0.29) is 0 Å². The first-order valence-electron chi connectivity index (χ1n) is 5.14. The Hall–Kier alpha value is -0.570. The molecule has 0 bridgehead atoms. The molecule has 0 aromatic carbocycles. The largest absolute Gasteiger partial charge is 0.481 e. The number of carboxylic acids is 1. The lowest BCUT2D eigenvalue weighted by Gasteiger charge is -2.27. The van der Waals surface area contributed by atoms with Crippen molar-refractivity contribution in [3.63, 3.8) is 0 Å². The topological polar surface area (TPSA) is 63.3 Å². The summed E-state index contributed by atoms with van der Waals surface area (Å²) in [5.74, 6) is 0.435. The van der Waals surface area contributed by atoms with Crippen molar-refractivity contribution in [1.29, 1.82) is 0 Å². The molecule has 2 unspecified atom stereocenters. The van der Waals surface area contributed by atoms with E-state index in [4.69, 9.17) is 10.8 Å². The van der Waals surface area contributed by atoms with Crippen molar-refractivity contribution in [3.8, 4) is 0 Å². The van der Waals surface area contributed by atoms with E-state index in [2.05, 4.69) is 0 Å². The molecule has 1 rings (SSSR count). The Morgan fingerprint density at radius 2 is 2.08 bits per heavy atom. The van der Waals surface area contributed by atoms with Gasteiger partial charge in [-0.3, -0.25) is 4.79 Å². The fourth-order valence-electron chi connectivity index (χ4n) is 2.33. The van der Waals surface area contributed by atoms with Crippen molar-refractivity contribution < 1.29 is 9.90 Å². The summed E-state index contributed by atoms with van der Waals surface area (Å²) in [7, 11) is 0. The van der Waals surface area contributed by atoms with Gasteiger partial charge < -0.3 is 10.8 Å². The second kappa shape index (κ2) is 5.22. The standard InChI is InChI=1S/C10H19NO2/c11-5-4-8-2-1-3-9(6-8)7-10(12)13/h8-9H,1-7,11H2,(H,12,13). The summed E-state index contributed by atoms with van der Waals surface area (Å²) in [5.41, 5.74) is 5.49. The molecule has 1 aliphatic carbocycles. The van der Waals surface area contributed by atoms with E-state index in [0.717, 1.165) is 25.8 Å². The van der Waals surface area contributed by atoms with Crippen LogP contribution in [0.15, 0.2) is 0 Å². The molecule has 1 saturated carbocycles. The molecule has 0 saturated heterocycles. The number of aliphatic carboxylic acids is 1. The summed E-state index contributed by atoms with van der Waals surface area (Å²) >= 11 is 0. The summed E-state index contributed by atoms with van der Waals surface area (Å²) in [6.45, 7) is 0.741. The van der Waals surface area contributed by atoms with Gasteiger partial charge in [0.2, 0.25) is 0 Å². The third kappa shape index (κ3) is 3.77. The Morgan fingerprint density at radius 1 is 1.38 bits per heavy atom. The first kappa shape index (κ1) is 10.5. The summed E-state index contributed by atoms with van der Waals surface area (Å²) in [6.07, 6.45) is 6.00. The van der Waals surface area contributed by atoms with E-state index in [9.17, 15) is 4.79 Å². The summed E-state index contributed by atoms with van der Waals surface area (Å²) < 4.78 is 0. The van der Waals surface area contributed by atoms with Crippen LogP contribution in [0, 0.1) is 11.8 Å². The molecule has 2 atom stereocenters. The van der Waals surface area contributed by atoms with Gasteiger partial charge in [0.25, 0.3) is 0 Å². The number of carbonyl (C=O) groups is 1. The first-order chi connectivity index (χ1) is 6.22. The highest BCUT2D eigenvalue weighted by Gasteiger charge is 2.22. The monoisotopic (exact) mass is 185 g/mol. The predicted molar refractivity (Wildman–Crippen MR) is 51.4 cm³/mol. The van der Waals surface area contributed by atoms with Gasteiger partial charge in [0.1, 0.15) is 0 Å². The SMILES string of the molecule is NCCC1CCCC(CC(=O)O)C1. The number of hydrogen-bond donors (Lipinski definition) is 2. The first-order valence-corrected chi connectivity index (χ1v) is 5.14. The molecular weight excluding hydrogens is 166 g/mol. The zero-order valence-electron chi connectivity index (χ0n) is 8.04. The molecule has 0 aromatic rings. The smallest absolute Gasteiger partial charge is 0.303 e. The Labute approximate surface area is 79.3 Å². The van der Waals surface area contributed by atoms with E-state index in [1.54, 1.807) is 0 Å². The molecule has 1 fully saturated rings. The maximum absolute atomic E-state index is 10.5. The molecule has 3 nitrogen and oxygen atoms in total. The van der Waals surface area contributed by atoms with Gasteiger partial charge in [0.05, 0.1) is 0 Å². The summed E-state index contributed by atoms with van der Waals surface area (Å²) in [5, 5.41) is 8.66. The van der Waals surface area contributed by atoms with Crippen molar-refractivity contribution in [2.45, 2.75) is 38.5 Å². The second-order valence-corrected chi connectivity index (χ2v) is 4.07. The van der Waals surface area contributed by atoms with Gasteiger partial charge in [-0.2, -0.15) is 0 Å². The lowest BCUT2D eigenvalue weighted by molar-refractivity contribution is -0.138. The fourth-order valence-corrected chi connectivity index (χ4v) is 2.33. The van der Waals surface area contributed by atoms with Crippen molar-refractivity contribution in [3.05, 3.63) is 0 Å². The van der Waals surface area contributed by atoms with Crippen molar-refractivity contribution >= 4 is 5.97 Å². The molecular formula is C10H19NO2. The van der Waals surface area contributed by atoms with Crippen LogP contribution in [0.4, 0.5) is 0 Å². The van der Waals surface area contributed by atoms with Gasteiger partial charge >= 0.3 is 5.97 Å². The zero-order chi connectivity index (χ0) is 9.68. The van der Waals surface area contributed by atoms with Crippen molar-refractivity contribution in [1.82, 2.24) is 0 Å². The Balaban J connectivity index is 2.28. The zero-order valence-corrected chi connectivity index (χ0v) is 8.04. The molecule has 3 N–H and O–H groups in total. The van der Waals surface area contributed by atoms with Gasteiger partial charge in [-0.25, -0.2) is 0 Å². The van der Waals surface area contributed by atoms with Crippen LogP contribution in [0.25, 0.3) is 0 Å². The normalized spacial score (nSPS) is 28.7. The van der Waals surface area contributed by atoms with Gasteiger partial charge in [-0.15, -0.1) is 0 Å². The fraction of sp³-hybridized carbons (Fsp3) is 0.900. The van der Waals surface area contributed by atoms with Crippen LogP contribution in [0.3, 0.4) is 0 Å². The molecule has 0 amide bonds. The van der Waals surface area contributed by atoms with E-state index in [0.29, 0.717) is 18.3 Å². The molecule has 0 spiro atoms. The van der Waals surface area contributed by atoms with Gasteiger partial charge in [-0.05, 0) is 37.6 Å². The van der Waals surface area contributed by atoms with Gasteiger partial charge in [0, 0.05) is 6.42 Å². The minimum atomic E-state index is -0.654. The number of hydrogen-bond acceptors (Lipinski definition) is 2. The molecule has 0 aliphatic heterocycles. The Bertz CT molecular complexity index is 168. The minimum Gasteiger partial charge on any atom is -0.481 e. The highest BCUT2D eigenvalue weighted by molar-refractivity contribution is 5.67. The summed E-state index contributed by atoms with van der Waals surface area (Å²) in [6, 6.07) is 0.